The van der Waals surface area contributed by atoms with Crippen molar-refractivity contribution in [2.24, 2.45) is 0 Å². The normalized spacial score (nSPS) is 11.5. The van der Waals surface area contributed by atoms with Crippen LogP contribution in [-0.2, 0) is 0 Å². The van der Waals surface area contributed by atoms with Gasteiger partial charge in [0.2, 0.25) is 5.28 Å². The van der Waals surface area contributed by atoms with Crippen LogP contribution in [0.2, 0.25) is 5.28 Å². The number of nitrogens with zero attached hydrogens (tertiary/aromatic N) is 3. The lowest BCUT2D eigenvalue weighted by Gasteiger charge is -2.03. The average molecular weight is 472 g/mol. The molecule has 164 valence electrons. The van der Waals surface area contributed by atoms with Gasteiger partial charge in [-0.05, 0) is 71.3 Å². The van der Waals surface area contributed by atoms with Gasteiger partial charge in [0.25, 0.3) is 0 Å². The largest absolute Gasteiger partial charge is 0.456 e. The molecule has 7 rings (SSSR count). The van der Waals surface area contributed by atoms with Crippen molar-refractivity contribution in [1.29, 1.82) is 5.26 Å². The highest BCUT2D eigenvalue weighted by molar-refractivity contribution is 6.29. The number of fused-ring (bicyclic) bond motifs is 6. The van der Waals surface area contributed by atoms with Crippen LogP contribution in [0.5, 0.6) is 0 Å². The van der Waals surface area contributed by atoms with E-state index in [1.807, 2.05) is 66.7 Å². The second kappa shape index (κ2) is 7.42. The SMILES string of the molecule is N#Cc1ccc(-c2ccc3c(c2)oc2c(-c4ccc5oc6ccccc6c5c4)nc(Cl)nc23)cc1. The molecule has 0 aliphatic heterocycles. The molecular formula is C29H14ClN3O2. The minimum atomic E-state index is 0.156. The van der Waals surface area contributed by atoms with Crippen molar-refractivity contribution in [2.45, 2.75) is 0 Å². The second-order valence-corrected chi connectivity index (χ2v) is 8.67. The first-order chi connectivity index (χ1) is 17.2. The fourth-order valence-corrected chi connectivity index (χ4v) is 4.77. The molecule has 3 aromatic heterocycles. The van der Waals surface area contributed by atoms with Gasteiger partial charge in [0.1, 0.15) is 28.0 Å². The molecule has 0 fully saturated rings. The number of furan rings is 2. The lowest BCUT2D eigenvalue weighted by molar-refractivity contribution is 0.666. The summed E-state index contributed by atoms with van der Waals surface area (Å²) in [5.74, 6) is 0. The molecule has 0 radical (unpaired) electrons. The summed E-state index contributed by atoms with van der Waals surface area (Å²) in [5, 5.41) is 12.1. The van der Waals surface area contributed by atoms with Gasteiger partial charge in [0, 0.05) is 21.7 Å². The zero-order chi connectivity index (χ0) is 23.5. The molecule has 5 nitrogen and oxygen atoms in total. The van der Waals surface area contributed by atoms with Crippen molar-refractivity contribution >= 4 is 55.6 Å². The quantitative estimate of drug-likeness (QED) is 0.238. The molecule has 0 N–H and O–H groups in total. The van der Waals surface area contributed by atoms with Crippen LogP contribution in [0.15, 0.2) is 93.8 Å². The highest BCUT2D eigenvalue weighted by atomic mass is 35.5. The number of hydrogen-bond donors (Lipinski definition) is 0. The van der Waals surface area contributed by atoms with E-state index in [4.69, 9.17) is 25.7 Å². The third kappa shape index (κ3) is 3.08. The standard InChI is InChI=1S/C29H14ClN3O2/c30-29-32-26(19-10-12-24-22(13-19)20-3-1-2-4-23(20)34-24)28-27(33-29)21-11-9-18(14-25(21)35-28)17-7-5-16(15-31)6-8-17/h1-14H. The van der Waals surface area contributed by atoms with Gasteiger partial charge in [-0.1, -0.05) is 36.4 Å². The first-order valence-corrected chi connectivity index (χ1v) is 11.4. The van der Waals surface area contributed by atoms with E-state index >= 15 is 0 Å². The Morgan fingerprint density at radius 1 is 0.657 bits per heavy atom. The molecule has 0 saturated heterocycles. The molecule has 0 atom stereocenters. The topological polar surface area (TPSA) is 75.8 Å². The molecule has 4 aromatic carbocycles. The third-order valence-electron chi connectivity index (χ3n) is 6.28. The van der Waals surface area contributed by atoms with Gasteiger partial charge in [-0.2, -0.15) is 5.26 Å². The molecule has 7 aromatic rings. The van der Waals surface area contributed by atoms with Gasteiger partial charge in [-0.25, -0.2) is 9.97 Å². The summed E-state index contributed by atoms with van der Waals surface area (Å²) in [6.07, 6.45) is 0. The van der Waals surface area contributed by atoms with Crippen molar-refractivity contribution in [2.75, 3.05) is 0 Å². The van der Waals surface area contributed by atoms with Crippen molar-refractivity contribution in [1.82, 2.24) is 9.97 Å². The van der Waals surface area contributed by atoms with Crippen LogP contribution in [0.4, 0.5) is 0 Å². The van der Waals surface area contributed by atoms with E-state index in [0.717, 1.165) is 44.0 Å². The zero-order valence-electron chi connectivity index (χ0n) is 18.1. The van der Waals surface area contributed by atoms with Crippen LogP contribution < -0.4 is 0 Å². The van der Waals surface area contributed by atoms with Crippen molar-refractivity contribution in [3.05, 3.63) is 95.8 Å². The maximum Gasteiger partial charge on any atom is 0.223 e. The number of halogens is 1. The Morgan fingerprint density at radius 3 is 2.29 bits per heavy atom. The summed E-state index contributed by atoms with van der Waals surface area (Å²) in [4.78, 5) is 9.02. The minimum absolute atomic E-state index is 0.156. The van der Waals surface area contributed by atoms with Crippen molar-refractivity contribution in [3.63, 3.8) is 0 Å². The minimum Gasteiger partial charge on any atom is -0.456 e. The average Bonchev–Trinajstić information content (AvgIpc) is 3.45. The molecule has 0 spiro atoms. The highest BCUT2D eigenvalue weighted by Gasteiger charge is 2.18. The molecule has 0 amide bonds. The van der Waals surface area contributed by atoms with E-state index in [1.165, 1.54) is 0 Å². The molecule has 0 saturated carbocycles. The molecular weight excluding hydrogens is 458 g/mol. The van der Waals surface area contributed by atoms with Crippen LogP contribution in [-0.4, -0.2) is 9.97 Å². The summed E-state index contributed by atoms with van der Waals surface area (Å²) in [7, 11) is 0. The number of aromatic nitrogens is 2. The lowest BCUT2D eigenvalue weighted by atomic mass is 10.0. The van der Waals surface area contributed by atoms with Gasteiger partial charge >= 0.3 is 0 Å². The van der Waals surface area contributed by atoms with E-state index in [1.54, 1.807) is 12.1 Å². The Labute approximate surface area is 203 Å². The summed E-state index contributed by atoms with van der Waals surface area (Å²) in [5.41, 5.74) is 7.67. The van der Waals surface area contributed by atoms with Gasteiger partial charge in [-0.15, -0.1) is 0 Å². The Balaban J connectivity index is 1.43. The van der Waals surface area contributed by atoms with Crippen LogP contribution in [0.1, 0.15) is 5.56 Å². The lowest BCUT2D eigenvalue weighted by Crippen LogP contribution is -1.89. The molecule has 6 heteroatoms. The molecule has 0 bridgehead atoms. The van der Waals surface area contributed by atoms with Crippen LogP contribution in [0.25, 0.3) is 66.4 Å². The predicted octanol–water partition coefficient (Wildman–Crippen LogP) is 8.13. The summed E-state index contributed by atoms with van der Waals surface area (Å²) in [6.45, 7) is 0. The summed E-state index contributed by atoms with van der Waals surface area (Å²) >= 11 is 6.37. The van der Waals surface area contributed by atoms with Crippen molar-refractivity contribution in [3.8, 4) is 28.5 Å². The fraction of sp³-hybridized carbons (Fsp3) is 0. The fourth-order valence-electron chi connectivity index (χ4n) is 4.60. The van der Waals surface area contributed by atoms with Crippen LogP contribution in [0.3, 0.4) is 0 Å². The third-order valence-corrected chi connectivity index (χ3v) is 6.45. The molecule has 0 unspecified atom stereocenters. The smallest absolute Gasteiger partial charge is 0.223 e. The van der Waals surface area contributed by atoms with E-state index in [2.05, 4.69) is 22.1 Å². The highest BCUT2D eigenvalue weighted by Crippen LogP contribution is 2.38. The zero-order valence-corrected chi connectivity index (χ0v) is 18.9. The van der Waals surface area contributed by atoms with Gasteiger partial charge in [-0.3, -0.25) is 0 Å². The Bertz CT molecular complexity index is 1980. The van der Waals surface area contributed by atoms with Gasteiger partial charge < -0.3 is 8.83 Å². The molecule has 0 aliphatic carbocycles. The van der Waals surface area contributed by atoms with Crippen LogP contribution >= 0.6 is 11.6 Å². The van der Waals surface area contributed by atoms with E-state index in [9.17, 15) is 0 Å². The number of benzene rings is 4. The van der Waals surface area contributed by atoms with E-state index in [-0.39, 0.29) is 5.28 Å². The summed E-state index contributed by atoms with van der Waals surface area (Å²) in [6, 6.07) is 29.5. The number of nitriles is 1. The van der Waals surface area contributed by atoms with Crippen molar-refractivity contribution < 1.29 is 8.83 Å². The second-order valence-electron chi connectivity index (χ2n) is 8.33. The number of rotatable bonds is 2. The first kappa shape index (κ1) is 19.8. The predicted molar refractivity (Wildman–Crippen MR) is 137 cm³/mol. The monoisotopic (exact) mass is 471 g/mol. The van der Waals surface area contributed by atoms with Gasteiger partial charge in [0.05, 0.1) is 11.6 Å². The Hall–Kier alpha value is -4.66. The van der Waals surface area contributed by atoms with E-state index < -0.39 is 0 Å². The maximum atomic E-state index is 9.07. The molecule has 3 heterocycles. The van der Waals surface area contributed by atoms with E-state index in [0.29, 0.717) is 27.9 Å². The summed E-state index contributed by atoms with van der Waals surface area (Å²) < 4.78 is 12.3. The maximum absolute atomic E-state index is 9.07. The first-order valence-electron chi connectivity index (χ1n) is 11.0. The number of para-hydroxylation sites is 1. The number of hydrogen-bond acceptors (Lipinski definition) is 5. The molecule has 35 heavy (non-hydrogen) atoms. The Morgan fingerprint density at radius 2 is 1.43 bits per heavy atom. The van der Waals surface area contributed by atoms with Crippen LogP contribution in [0, 0.1) is 11.3 Å². The van der Waals surface area contributed by atoms with Gasteiger partial charge in [0.15, 0.2) is 5.58 Å². The Kier molecular flexibility index (Phi) is 4.19. The molecule has 0 aliphatic rings.